The SMILES string of the molecule is CCNC(=O)[C@@H]1C[C@H](NC(=O)Cc2cccc(F)c2)CN1C1CCCCC1. The van der Waals surface area contributed by atoms with Crippen LogP contribution in [0.4, 0.5) is 4.39 Å². The van der Waals surface area contributed by atoms with Crippen LogP contribution in [0.15, 0.2) is 24.3 Å². The number of nitrogens with one attached hydrogen (secondary N) is 2. The van der Waals surface area contributed by atoms with Crippen LogP contribution in [0.1, 0.15) is 51.0 Å². The van der Waals surface area contributed by atoms with Gasteiger partial charge in [-0.2, -0.15) is 0 Å². The van der Waals surface area contributed by atoms with Crippen LogP contribution in [-0.2, 0) is 16.0 Å². The number of halogens is 1. The van der Waals surface area contributed by atoms with E-state index in [1.807, 2.05) is 6.92 Å². The van der Waals surface area contributed by atoms with Gasteiger partial charge >= 0.3 is 0 Å². The van der Waals surface area contributed by atoms with Gasteiger partial charge in [0.25, 0.3) is 0 Å². The van der Waals surface area contributed by atoms with Crippen LogP contribution in [0.2, 0.25) is 0 Å². The standard InChI is InChI=1S/C21H30FN3O2/c1-2-23-21(27)19-13-17(14-25(19)18-9-4-3-5-10-18)24-20(26)12-15-7-6-8-16(22)11-15/h6-8,11,17-19H,2-5,9-10,12-14H2,1H3,(H,23,27)(H,24,26)/t17-,19-/m0/s1. The van der Waals surface area contributed by atoms with Crippen molar-refractivity contribution in [2.24, 2.45) is 0 Å². The molecule has 0 unspecified atom stereocenters. The summed E-state index contributed by atoms with van der Waals surface area (Å²) in [5.41, 5.74) is 0.662. The maximum atomic E-state index is 13.3. The quantitative estimate of drug-likeness (QED) is 0.803. The number of hydrogen-bond donors (Lipinski definition) is 2. The summed E-state index contributed by atoms with van der Waals surface area (Å²) in [6.45, 7) is 3.25. The van der Waals surface area contributed by atoms with Crippen LogP contribution in [0.5, 0.6) is 0 Å². The van der Waals surface area contributed by atoms with Crippen molar-refractivity contribution in [1.82, 2.24) is 15.5 Å². The Hall–Kier alpha value is -1.95. The Morgan fingerprint density at radius 1 is 1.22 bits per heavy atom. The molecular weight excluding hydrogens is 345 g/mol. The molecule has 1 aliphatic carbocycles. The van der Waals surface area contributed by atoms with Gasteiger partial charge in [0.15, 0.2) is 0 Å². The smallest absolute Gasteiger partial charge is 0.237 e. The van der Waals surface area contributed by atoms with E-state index in [0.29, 0.717) is 31.1 Å². The number of nitrogens with zero attached hydrogens (tertiary/aromatic N) is 1. The molecule has 1 aliphatic heterocycles. The summed E-state index contributed by atoms with van der Waals surface area (Å²) < 4.78 is 13.3. The number of benzene rings is 1. The molecule has 2 amide bonds. The lowest BCUT2D eigenvalue weighted by molar-refractivity contribution is -0.126. The molecule has 0 aromatic heterocycles. The predicted molar refractivity (Wildman–Crippen MR) is 103 cm³/mol. The molecule has 1 saturated carbocycles. The van der Waals surface area contributed by atoms with E-state index in [-0.39, 0.29) is 36.1 Å². The summed E-state index contributed by atoms with van der Waals surface area (Å²) in [4.78, 5) is 27.3. The predicted octanol–water partition coefficient (Wildman–Crippen LogP) is 2.40. The fourth-order valence-corrected chi connectivity index (χ4v) is 4.44. The maximum Gasteiger partial charge on any atom is 0.237 e. The van der Waals surface area contributed by atoms with Gasteiger partial charge in [-0.3, -0.25) is 14.5 Å². The Balaban J connectivity index is 1.61. The molecule has 148 valence electrons. The second-order valence-corrected chi connectivity index (χ2v) is 7.71. The molecule has 1 aromatic rings. The highest BCUT2D eigenvalue weighted by Gasteiger charge is 2.40. The van der Waals surface area contributed by atoms with Crippen LogP contribution < -0.4 is 10.6 Å². The minimum atomic E-state index is -0.332. The Bertz CT molecular complexity index is 661. The van der Waals surface area contributed by atoms with Crippen molar-refractivity contribution in [1.29, 1.82) is 0 Å². The van der Waals surface area contributed by atoms with Gasteiger partial charge in [0.1, 0.15) is 5.82 Å². The molecule has 6 heteroatoms. The van der Waals surface area contributed by atoms with Gasteiger partial charge in [-0.1, -0.05) is 31.4 Å². The molecule has 5 nitrogen and oxygen atoms in total. The van der Waals surface area contributed by atoms with Gasteiger partial charge in [-0.05, 0) is 43.9 Å². The van der Waals surface area contributed by atoms with Crippen LogP contribution in [-0.4, -0.2) is 47.9 Å². The number of hydrogen-bond acceptors (Lipinski definition) is 3. The zero-order valence-electron chi connectivity index (χ0n) is 16.0. The molecule has 1 aromatic carbocycles. The van der Waals surface area contributed by atoms with E-state index >= 15 is 0 Å². The van der Waals surface area contributed by atoms with Crippen LogP contribution in [0.25, 0.3) is 0 Å². The first-order chi connectivity index (χ1) is 13.1. The van der Waals surface area contributed by atoms with Crippen molar-refractivity contribution in [2.75, 3.05) is 13.1 Å². The summed E-state index contributed by atoms with van der Waals surface area (Å²) in [6.07, 6.45) is 6.73. The van der Waals surface area contributed by atoms with Crippen LogP contribution in [0.3, 0.4) is 0 Å². The first-order valence-electron chi connectivity index (χ1n) is 10.1. The van der Waals surface area contributed by atoms with Crippen molar-refractivity contribution >= 4 is 11.8 Å². The van der Waals surface area contributed by atoms with Gasteiger partial charge in [0.05, 0.1) is 12.5 Å². The van der Waals surface area contributed by atoms with Crippen molar-refractivity contribution in [3.05, 3.63) is 35.6 Å². The third kappa shape index (κ3) is 5.28. The number of carbonyl (C=O) groups excluding carboxylic acids is 2. The van der Waals surface area contributed by atoms with E-state index in [1.165, 1.54) is 31.4 Å². The van der Waals surface area contributed by atoms with Gasteiger partial charge in [0, 0.05) is 25.2 Å². The van der Waals surface area contributed by atoms with E-state index in [0.717, 1.165) is 12.8 Å². The normalized spacial score (nSPS) is 23.9. The summed E-state index contributed by atoms with van der Waals surface area (Å²) >= 11 is 0. The Morgan fingerprint density at radius 2 is 2.00 bits per heavy atom. The second-order valence-electron chi connectivity index (χ2n) is 7.71. The zero-order valence-corrected chi connectivity index (χ0v) is 16.0. The average molecular weight is 375 g/mol. The third-order valence-electron chi connectivity index (χ3n) is 5.66. The molecule has 0 spiro atoms. The highest BCUT2D eigenvalue weighted by molar-refractivity contribution is 5.83. The minimum absolute atomic E-state index is 0.0411. The molecule has 2 aliphatic rings. The van der Waals surface area contributed by atoms with E-state index in [2.05, 4.69) is 15.5 Å². The van der Waals surface area contributed by atoms with Gasteiger partial charge in [-0.25, -0.2) is 4.39 Å². The molecule has 27 heavy (non-hydrogen) atoms. The van der Waals surface area contributed by atoms with Crippen LogP contribution in [0, 0.1) is 5.82 Å². The first kappa shape index (κ1) is 19.8. The minimum Gasteiger partial charge on any atom is -0.355 e. The fourth-order valence-electron chi connectivity index (χ4n) is 4.44. The Morgan fingerprint density at radius 3 is 2.70 bits per heavy atom. The van der Waals surface area contributed by atoms with E-state index in [9.17, 15) is 14.0 Å². The third-order valence-corrected chi connectivity index (χ3v) is 5.66. The van der Waals surface area contributed by atoms with Gasteiger partial charge in [0.2, 0.25) is 11.8 Å². The van der Waals surface area contributed by atoms with Gasteiger partial charge in [-0.15, -0.1) is 0 Å². The molecule has 0 bridgehead atoms. The van der Waals surface area contributed by atoms with Crippen LogP contribution >= 0.6 is 0 Å². The number of likely N-dealkylation sites (N-methyl/N-ethyl adjacent to an activating group) is 1. The average Bonchev–Trinajstić information content (AvgIpc) is 3.06. The largest absolute Gasteiger partial charge is 0.355 e. The summed E-state index contributed by atoms with van der Waals surface area (Å²) in [7, 11) is 0. The molecule has 0 radical (unpaired) electrons. The Labute approximate surface area is 160 Å². The molecule has 1 heterocycles. The lowest BCUT2D eigenvalue weighted by Gasteiger charge is -2.34. The number of carbonyl (C=O) groups is 2. The summed E-state index contributed by atoms with van der Waals surface area (Å²) in [5, 5.41) is 6.00. The van der Waals surface area contributed by atoms with Crippen molar-refractivity contribution in [2.45, 2.75) is 70.0 Å². The molecule has 1 saturated heterocycles. The Kier molecular flexibility index (Phi) is 6.83. The van der Waals surface area contributed by atoms with E-state index in [1.54, 1.807) is 12.1 Å². The fraction of sp³-hybridized carbons (Fsp3) is 0.619. The summed E-state index contributed by atoms with van der Waals surface area (Å²) in [5.74, 6) is -0.392. The molecule has 2 fully saturated rings. The van der Waals surface area contributed by atoms with E-state index in [4.69, 9.17) is 0 Å². The monoisotopic (exact) mass is 375 g/mol. The van der Waals surface area contributed by atoms with Crippen molar-refractivity contribution in [3.8, 4) is 0 Å². The maximum absolute atomic E-state index is 13.3. The van der Waals surface area contributed by atoms with E-state index < -0.39 is 0 Å². The van der Waals surface area contributed by atoms with Gasteiger partial charge < -0.3 is 10.6 Å². The lowest BCUT2D eigenvalue weighted by atomic mass is 9.93. The van der Waals surface area contributed by atoms with Crippen molar-refractivity contribution < 1.29 is 14.0 Å². The molecular formula is C21H30FN3O2. The number of likely N-dealkylation sites (tertiary alicyclic amines) is 1. The molecule has 2 atom stereocenters. The highest BCUT2D eigenvalue weighted by Crippen LogP contribution is 2.29. The van der Waals surface area contributed by atoms with Crippen molar-refractivity contribution in [3.63, 3.8) is 0 Å². The lowest BCUT2D eigenvalue weighted by Crippen LogP contribution is -2.48. The number of amides is 2. The highest BCUT2D eigenvalue weighted by atomic mass is 19.1. The number of rotatable bonds is 6. The summed E-state index contributed by atoms with van der Waals surface area (Å²) in [6, 6.07) is 6.34. The zero-order chi connectivity index (χ0) is 19.2. The topological polar surface area (TPSA) is 61.4 Å². The first-order valence-corrected chi connectivity index (χ1v) is 10.1. The molecule has 3 rings (SSSR count). The second kappa shape index (κ2) is 9.31. The molecule has 2 N–H and O–H groups in total.